The van der Waals surface area contributed by atoms with Crippen LogP contribution in [0.25, 0.3) is 0 Å². The summed E-state index contributed by atoms with van der Waals surface area (Å²) < 4.78 is 0. The smallest absolute Gasteiger partial charge is 0.303 e. The summed E-state index contributed by atoms with van der Waals surface area (Å²) in [6, 6.07) is 10.2. The van der Waals surface area contributed by atoms with Crippen LogP contribution in [-0.4, -0.2) is 40.0 Å². The van der Waals surface area contributed by atoms with Crippen molar-refractivity contribution in [2.75, 3.05) is 13.1 Å². The Balaban J connectivity index is 1.52. The standard InChI is InChI=1S/C20H24N2O3S/c23-19(22-10-4-7-16(13-22)8-9-20(24)25)12-17-14-26-18(21-17)11-15-5-2-1-3-6-15/h1-3,5-6,14,16H,4,7-13H2,(H,24,25). The molecule has 1 N–H and O–H groups in total. The maximum Gasteiger partial charge on any atom is 0.303 e. The molecule has 1 atom stereocenters. The molecule has 1 aromatic heterocycles. The van der Waals surface area contributed by atoms with E-state index >= 15 is 0 Å². The number of rotatable bonds is 7. The predicted octanol–water partition coefficient (Wildman–Crippen LogP) is 3.38. The van der Waals surface area contributed by atoms with Crippen molar-refractivity contribution in [3.05, 3.63) is 52.0 Å². The molecule has 1 aliphatic rings. The number of carbonyl (C=O) groups is 2. The van der Waals surface area contributed by atoms with Gasteiger partial charge in [0.05, 0.1) is 17.1 Å². The van der Waals surface area contributed by atoms with Crippen LogP contribution in [0.1, 0.15) is 41.9 Å². The summed E-state index contributed by atoms with van der Waals surface area (Å²) in [6.07, 6.45) is 3.91. The van der Waals surface area contributed by atoms with Crippen molar-refractivity contribution in [2.24, 2.45) is 5.92 Å². The van der Waals surface area contributed by atoms with Crippen LogP contribution in [0.15, 0.2) is 35.7 Å². The van der Waals surface area contributed by atoms with Crippen molar-refractivity contribution in [1.29, 1.82) is 0 Å². The maximum absolute atomic E-state index is 12.6. The zero-order chi connectivity index (χ0) is 18.4. The third-order valence-corrected chi connectivity index (χ3v) is 5.67. The van der Waals surface area contributed by atoms with Crippen LogP contribution in [0.2, 0.25) is 0 Å². The quantitative estimate of drug-likeness (QED) is 0.809. The number of amides is 1. The molecule has 6 heteroatoms. The van der Waals surface area contributed by atoms with Gasteiger partial charge in [-0.05, 0) is 30.7 Å². The highest BCUT2D eigenvalue weighted by Gasteiger charge is 2.24. The first-order valence-electron chi connectivity index (χ1n) is 9.07. The number of aliphatic carboxylic acids is 1. The minimum absolute atomic E-state index is 0.0987. The van der Waals surface area contributed by atoms with Gasteiger partial charge >= 0.3 is 5.97 Å². The van der Waals surface area contributed by atoms with Crippen LogP contribution in [0.5, 0.6) is 0 Å². The number of nitrogens with zero attached hydrogens (tertiary/aromatic N) is 2. The zero-order valence-electron chi connectivity index (χ0n) is 14.8. The summed E-state index contributed by atoms with van der Waals surface area (Å²) in [5.41, 5.74) is 2.05. The second-order valence-electron chi connectivity index (χ2n) is 6.85. The second-order valence-corrected chi connectivity index (χ2v) is 7.79. The number of hydrogen-bond donors (Lipinski definition) is 1. The first-order valence-corrected chi connectivity index (χ1v) is 9.95. The lowest BCUT2D eigenvalue weighted by Gasteiger charge is -2.32. The molecule has 1 aliphatic heterocycles. The van der Waals surface area contributed by atoms with E-state index in [1.54, 1.807) is 11.3 Å². The highest BCUT2D eigenvalue weighted by atomic mass is 32.1. The van der Waals surface area contributed by atoms with Crippen molar-refractivity contribution in [1.82, 2.24) is 9.88 Å². The predicted molar refractivity (Wildman–Crippen MR) is 101 cm³/mol. The van der Waals surface area contributed by atoms with Gasteiger partial charge in [0.2, 0.25) is 5.91 Å². The van der Waals surface area contributed by atoms with Gasteiger partial charge in [-0.1, -0.05) is 30.3 Å². The Morgan fingerprint density at radius 2 is 2.08 bits per heavy atom. The zero-order valence-corrected chi connectivity index (χ0v) is 15.6. The molecule has 0 saturated carbocycles. The summed E-state index contributed by atoms with van der Waals surface area (Å²) in [5.74, 6) is -0.365. The molecule has 138 valence electrons. The van der Waals surface area contributed by atoms with E-state index in [-0.39, 0.29) is 12.3 Å². The van der Waals surface area contributed by atoms with E-state index in [0.29, 0.717) is 25.3 Å². The number of piperidine rings is 1. The molecule has 2 heterocycles. The van der Waals surface area contributed by atoms with E-state index in [9.17, 15) is 9.59 Å². The molecule has 1 saturated heterocycles. The molecule has 0 spiro atoms. The van der Waals surface area contributed by atoms with Gasteiger partial charge in [-0.15, -0.1) is 11.3 Å². The number of aromatic nitrogens is 1. The lowest BCUT2D eigenvalue weighted by molar-refractivity contribution is -0.137. The minimum atomic E-state index is -0.762. The molecule has 0 radical (unpaired) electrons. The Hall–Kier alpha value is -2.21. The van der Waals surface area contributed by atoms with Crippen molar-refractivity contribution in [3.8, 4) is 0 Å². The molecule has 5 nitrogen and oxygen atoms in total. The van der Waals surface area contributed by atoms with Crippen LogP contribution < -0.4 is 0 Å². The van der Waals surface area contributed by atoms with Crippen LogP contribution in [0, 0.1) is 5.92 Å². The first-order chi connectivity index (χ1) is 12.6. The molecular weight excluding hydrogens is 348 g/mol. The van der Waals surface area contributed by atoms with Crippen LogP contribution in [0.4, 0.5) is 0 Å². The SMILES string of the molecule is O=C(O)CCC1CCCN(C(=O)Cc2csc(Cc3ccccc3)n2)C1. The molecule has 0 bridgehead atoms. The molecule has 1 unspecified atom stereocenters. The van der Waals surface area contributed by atoms with E-state index in [0.717, 1.165) is 36.5 Å². The van der Waals surface area contributed by atoms with E-state index in [1.165, 1.54) is 5.56 Å². The molecule has 1 aromatic carbocycles. The summed E-state index contributed by atoms with van der Waals surface area (Å²) in [6.45, 7) is 1.44. The normalized spacial score (nSPS) is 17.2. The average Bonchev–Trinajstić information content (AvgIpc) is 3.08. The summed E-state index contributed by atoms with van der Waals surface area (Å²) in [7, 11) is 0. The first kappa shape index (κ1) is 18.6. The fraction of sp³-hybridized carbons (Fsp3) is 0.450. The van der Waals surface area contributed by atoms with Crippen LogP contribution >= 0.6 is 11.3 Å². The van der Waals surface area contributed by atoms with Gasteiger partial charge in [-0.25, -0.2) is 4.98 Å². The lowest BCUT2D eigenvalue weighted by atomic mass is 9.93. The Morgan fingerprint density at radius 3 is 2.85 bits per heavy atom. The number of hydrogen-bond acceptors (Lipinski definition) is 4. The van der Waals surface area contributed by atoms with Gasteiger partial charge in [-0.2, -0.15) is 0 Å². The fourth-order valence-electron chi connectivity index (χ4n) is 3.40. The fourth-order valence-corrected chi connectivity index (χ4v) is 4.23. The third kappa shape index (κ3) is 5.39. The number of carboxylic acid groups (broad SMARTS) is 1. The number of benzene rings is 1. The third-order valence-electron chi connectivity index (χ3n) is 4.77. The van der Waals surface area contributed by atoms with Crippen LogP contribution in [0.3, 0.4) is 0 Å². The minimum Gasteiger partial charge on any atom is -0.481 e. The van der Waals surface area contributed by atoms with Crippen molar-refractivity contribution in [2.45, 2.75) is 38.5 Å². The van der Waals surface area contributed by atoms with Crippen molar-refractivity contribution >= 4 is 23.2 Å². The van der Waals surface area contributed by atoms with Crippen LogP contribution in [-0.2, 0) is 22.4 Å². The van der Waals surface area contributed by atoms with Crippen molar-refractivity contribution < 1.29 is 14.7 Å². The Morgan fingerprint density at radius 1 is 1.27 bits per heavy atom. The highest BCUT2D eigenvalue weighted by Crippen LogP contribution is 2.22. The summed E-state index contributed by atoms with van der Waals surface area (Å²) >= 11 is 1.60. The molecule has 3 rings (SSSR count). The number of carbonyl (C=O) groups excluding carboxylic acids is 1. The van der Waals surface area contributed by atoms with E-state index in [2.05, 4.69) is 17.1 Å². The number of thiazole rings is 1. The molecule has 1 amide bonds. The van der Waals surface area contributed by atoms with E-state index in [4.69, 9.17) is 5.11 Å². The summed E-state index contributed by atoms with van der Waals surface area (Å²) in [5, 5.41) is 11.8. The average molecular weight is 372 g/mol. The molecule has 26 heavy (non-hydrogen) atoms. The van der Waals surface area contributed by atoms with Gasteiger partial charge in [0.15, 0.2) is 0 Å². The van der Waals surface area contributed by atoms with E-state index in [1.807, 2.05) is 28.5 Å². The number of carboxylic acids is 1. The Labute approximate surface area is 157 Å². The molecule has 0 aliphatic carbocycles. The second kappa shape index (κ2) is 8.94. The molecule has 2 aromatic rings. The molecule has 1 fully saturated rings. The molecular formula is C20H24N2O3S. The van der Waals surface area contributed by atoms with Crippen molar-refractivity contribution in [3.63, 3.8) is 0 Å². The van der Waals surface area contributed by atoms with Gasteiger partial charge in [-0.3, -0.25) is 9.59 Å². The summed E-state index contributed by atoms with van der Waals surface area (Å²) in [4.78, 5) is 29.8. The van der Waals surface area contributed by atoms with Gasteiger partial charge in [0.25, 0.3) is 0 Å². The number of likely N-dealkylation sites (tertiary alicyclic amines) is 1. The Kier molecular flexibility index (Phi) is 6.39. The lowest BCUT2D eigenvalue weighted by Crippen LogP contribution is -2.40. The maximum atomic E-state index is 12.6. The monoisotopic (exact) mass is 372 g/mol. The topological polar surface area (TPSA) is 70.5 Å². The highest BCUT2D eigenvalue weighted by molar-refractivity contribution is 7.09. The Bertz CT molecular complexity index is 745. The van der Waals surface area contributed by atoms with Gasteiger partial charge < -0.3 is 10.0 Å². The van der Waals surface area contributed by atoms with Gasteiger partial charge in [0, 0.05) is 31.3 Å². The van der Waals surface area contributed by atoms with E-state index < -0.39 is 5.97 Å². The largest absolute Gasteiger partial charge is 0.481 e. The van der Waals surface area contributed by atoms with Gasteiger partial charge in [0.1, 0.15) is 0 Å².